The molecule has 0 radical (unpaired) electrons. The van der Waals surface area contributed by atoms with Gasteiger partial charge in [-0.1, -0.05) is 30.5 Å². The van der Waals surface area contributed by atoms with E-state index >= 15 is 0 Å². The van der Waals surface area contributed by atoms with E-state index in [9.17, 15) is 4.79 Å². The molecule has 20 heavy (non-hydrogen) atoms. The molecular weight excluding hydrogens is 276 g/mol. The van der Waals surface area contributed by atoms with Crippen molar-refractivity contribution in [3.8, 4) is 0 Å². The molecule has 0 spiro atoms. The molecule has 1 N–H and O–H groups in total. The fraction of sp³-hybridized carbons (Fsp3) is 0.467. The molecule has 0 saturated heterocycles. The fourth-order valence-electron chi connectivity index (χ4n) is 3.11. The highest BCUT2D eigenvalue weighted by Crippen LogP contribution is 2.38. The van der Waals surface area contributed by atoms with Gasteiger partial charge in [-0.05, 0) is 30.9 Å². The standard InChI is InChI=1S/C15H17ClN2O2/c1-20-15(19)12(9-5-2-3-6-9)14-17-11-8-4-7-10(16)13(11)18-14/h4,7-9,12H,2-3,5-6H2,1H3,(H,17,18). The number of carbonyl (C=O) groups excluding carboxylic acids is 1. The van der Waals surface area contributed by atoms with Crippen molar-refractivity contribution in [3.63, 3.8) is 0 Å². The van der Waals surface area contributed by atoms with Gasteiger partial charge in [0.1, 0.15) is 17.3 Å². The first-order valence-electron chi connectivity index (χ1n) is 6.92. The summed E-state index contributed by atoms with van der Waals surface area (Å²) in [6, 6.07) is 5.59. The van der Waals surface area contributed by atoms with E-state index in [1.54, 1.807) is 6.07 Å². The van der Waals surface area contributed by atoms with Crippen molar-refractivity contribution in [3.05, 3.63) is 29.0 Å². The van der Waals surface area contributed by atoms with Crippen LogP contribution in [0, 0.1) is 5.92 Å². The Bertz CT molecular complexity index is 632. The molecule has 106 valence electrons. The van der Waals surface area contributed by atoms with E-state index in [0.717, 1.165) is 23.9 Å². The summed E-state index contributed by atoms with van der Waals surface area (Å²) in [5.74, 6) is 0.451. The van der Waals surface area contributed by atoms with Gasteiger partial charge in [0.2, 0.25) is 0 Å². The van der Waals surface area contributed by atoms with Crippen LogP contribution in [-0.4, -0.2) is 23.0 Å². The number of para-hydroxylation sites is 1. The first kappa shape index (κ1) is 13.4. The normalized spacial score (nSPS) is 17.5. The highest BCUT2D eigenvalue weighted by atomic mass is 35.5. The van der Waals surface area contributed by atoms with Crippen LogP contribution in [0.3, 0.4) is 0 Å². The molecule has 1 aromatic carbocycles. The third-order valence-corrected chi connectivity index (χ3v) is 4.41. The number of carbonyl (C=O) groups is 1. The third kappa shape index (κ3) is 2.29. The van der Waals surface area contributed by atoms with Gasteiger partial charge in [0, 0.05) is 0 Å². The summed E-state index contributed by atoms with van der Waals surface area (Å²) in [6.45, 7) is 0. The largest absolute Gasteiger partial charge is 0.468 e. The number of fused-ring (bicyclic) bond motifs is 1. The van der Waals surface area contributed by atoms with Gasteiger partial charge < -0.3 is 9.72 Å². The van der Waals surface area contributed by atoms with Crippen LogP contribution in [0.2, 0.25) is 5.02 Å². The number of hydrogen-bond donors (Lipinski definition) is 1. The van der Waals surface area contributed by atoms with Crippen molar-refractivity contribution in [2.75, 3.05) is 7.11 Å². The second-order valence-corrected chi connectivity index (χ2v) is 5.71. The Hall–Kier alpha value is -1.55. The molecule has 1 fully saturated rings. The van der Waals surface area contributed by atoms with Gasteiger partial charge >= 0.3 is 5.97 Å². The van der Waals surface area contributed by atoms with Crippen molar-refractivity contribution in [1.82, 2.24) is 9.97 Å². The lowest BCUT2D eigenvalue weighted by Crippen LogP contribution is -2.22. The Balaban J connectivity index is 2.04. The molecule has 1 unspecified atom stereocenters. The van der Waals surface area contributed by atoms with E-state index in [1.165, 1.54) is 20.0 Å². The zero-order chi connectivity index (χ0) is 14.1. The van der Waals surface area contributed by atoms with Gasteiger partial charge in [-0.3, -0.25) is 4.79 Å². The Morgan fingerprint density at radius 3 is 2.85 bits per heavy atom. The monoisotopic (exact) mass is 292 g/mol. The number of halogens is 1. The minimum atomic E-state index is -0.314. The number of methoxy groups -OCH3 is 1. The number of H-pyrrole nitrogens is 1. The quantitative estimate of drug-likeness (QED) is 0.878. The maximum absolute atomic E-state index is 12.1. The summed E-state index contributed by atoms with van der Waals surface area (Å²) in [5, 5.41) is 0.597. The molecule has 1 aliphatic rings. The number of hydrogen-bond acceptors (Lipinski definition) is 3. The van der Waals surface area contributed by atoms with E-state index in [2.05, 4.69) is 9.97 Å². The number of aromatic amines is 1. The van der Waals surface area contributed by atoms with E-state index in [1.807, 2.05) is 12.1 Å². The first-order valence-corrected chi connectivity index (χ1v) is 7.30. The molecule has 1 aliphatic carbocycles. The van der Waals surface area contributed by atoms with Gasteiger partial charge in [-0.25, -0.2) is 4.98 Å². The van der Waals surface area contributed by atoms with Gasteiger partial charge in [0.15, 0.2) is 0 Å². The van der Waals surface area contributed by atoms with Gasteiger partial charge in [0.25, 0.3) is 0 Å². The molecule has 4 nitrogen and oxygen atoms in total. The molecule has 2 aromatic rings. The van der Waals surface area contributed by atoms with Crippen molar-refractivity contribution in [2.24, 2.45) is 5.92 Å². The maximum atomic E-state index is 12.1. The number of imidazole rings is 1. The second-order valence-electron chi connectivity index (χ2n) is 5.30. The Morgan fingerprint density at radius 1 is 1.45 bits per heavy atom. The zero-order valence-electron chi connectivity index (χ0n) is 11.4. The number of rotatable bonds is 3. The molecule has 1 heterocycles. The summed E-state index contributed by atoms with van der Waals surface area (Å²) < 4.78 is 4.97. The fourth-order valence-corrected chi connectivity index (χ4v) is 3.33. The first-order chi connectivity index (χ1) is 9.70. The highest BCUT2D eigenvalue weighted by Gasteiger charge is 2.35. The zero-order valence-corrected chi connectivity index (χ0v) is 12.1. The topological polar surface area (TPSA) is 55.0 Å². The van der Waals surface area contributed by atoms with Gasteiger partial charge in [-0.2, -0.15) is 0 Å². The van der Waals surface area contributed by atoms with E-state index in [-0.39, 0.29) is 11.9 Å². The lowest BCUT2D eigenvalue weighted by Gasteiger charge is -2.18. The van der Waals surface area contributed by atoms with Crippen LogP contribution in [-0.2, 0) is 9.53 Å². The predicted molar refractivity (Wildman–Crippen MR) is 77.8 cm³/mol. The molecule has 0 amide bonds. The minimum absolute atomic E-state index is 0.216. The minimum Gasteiger partial charge on any atom is -0.468 e. The summed E-state index contributed by atoms with van der Waals surface area (Å²) in [5.41, 5.74) is 1.58. The van der Waals surface area contributed by atoms with Crippen LogP contribution in [0.4, 0.5) is 0 Å². The van der Waals surface area contributed by atoms with Crippen LogP contribution in [0.1, 0.15) is 37.4 Å². The Kier molecular flexibility index (Phi) is 3.66. The molecule has 3 rings (SSSR count). The summed E-state index contributed by atoms with van der Waals surface area (Å²) in [4.78, 5) is 19.9. The van der Waals surface area contributed by atoms with Gasteiger partial charge in [-0.15, -0.1) is 0 Å². The second kappa shape index (κ2) is 5.44. The van der Waals surface area contributed by atoms with E-state index < -0.39 is 0 Å². The van der Waals surface area contributed by atoms with E-state index in [4.69, 9.17) is 16.3 Å². The summed E-state index contributed by atoms with van der Waals surface area (Å²) >= 11 is 6.15. The van der Waals surface area contributed by atoms with Crippen LogP contribution in [0.15, 0.2) is 18.2 Å². The van der Waals surface area contributed by atoms with Gasteiger partial charge in [0.05, 0.1) is 17.6 Å². The smallest absolute Gasteiger partial charge is 0.316 e. The number of nitrogens with zero attached hydrogens (tertiary/aromatic N) is 1. The number of aromatic nitrogens is 2. The van der Waals surface area contributed by atoms with Crippen molar-refractivity contribution in [2.45, 2.75) is 31.6 Å². The van der Waals surface area contributed by atoms with Crippen LogP contribution < -0.4 is 0 Å². The average Bonchev–Trinajstić information content (AvgIpc) is 3.09. The SMILES string of the molecule is COC(=O)C(c1nc2c(Cl)cccc2[nH]1)C1CCCC1. The Morgan fingerprint density at radius 2 is 2.20 bits per heavy atom. The van der Waals surface area contributed by atoms with Crippen LogP contribution >= 0.6 is 11.6 Å². The molecule has 1 atom stereocenters. The van der Waals surface area contributed by atoms with Crippen molar-refractivity contribution in [1.29, 1.82) is 0 Å². The third-order valence-electron chi connectivity index (χ3n) is 4.10. The summed E-state index contributed by atoms with van der Waals surface area (Å²) in [6.07, 6.45) is 4.42. The van der Waals surface area contributed by atoms with Crippen molar-refractivity contribution < 1.29 is 9.53 Å². The highest BCUT2D eigenvalue weighted by molar-refractivity contribution is 6.34. The maximum Gasteiger partial charge on any atom is 0.316 e. The molecule has 1 saturated carbocycles. The predicted octanol–water partition coefficient (Wildman–Crippen LogP) is 3.66. The number of esters is 1. The number of ether oxygens (including phenoxy) is 1. The average molecular weight is 293 g/mol. The van der Waals surface area contributed by atoms with E-state index in [0.29, 0.717) is 16.8 Å². The molecule has 0 bridgehead atoms. The van der Waals surface area contributed by atoms with Crippen LogP contribution in [0.5, 0.6) is 0 Å². The lowest BCUT2D eigenvalue weighted by molar-refractivity contribution is -0.144. The lowest BCUT2D eigenvalue weighted by atomic mass is 9.90. The van der Waals surface area contributed by atoms with Crippen LogP contribution in [0.25, 0.3) is 11.0 Å². The number of nitrogens with one attached hydrogen (secondary N) is 1. The summed E-state index contributed by atoms with van der Waals surface area (Å²) in [7, 11) is 1.43. The molecular formula is C15H17ClN2O2. The molecule has 1 aromatic heterocycles. The number of benzene rings is 1. The molecule has 5 heteroatoms. The Labute approximate surface area is 122 Å². The molecule has 0 aliphatic heterocycles. The van der Waals surface area contributed by atoms with Crippen molar-refractivity contribution >= 4 is 28.6 Å².